The van der Waals surface area contributed by atoms with Crippen LogP contribution in [0, 0.1) is 0 Å². The molecule has 5 rings (SSSR count). The summed E-state index contributed by atoms with van der Waals surface area (Å²) in [5.41, 5.74) is 0.986. The van der Waals surface area contributed by atoms with Crippen LogP contribution < -0.4 is 10.1 Å². The zero-order valence-corrected chi connectivity index (χ0v) is 25.9. The summed E-state index contributed by atoms with van der Waals surface area (Å²) in [7, 11) is -3.72. The molecule has 0 radical (unpaired) electrons. The maximum absolute atomic E-state index is 14.3. The van der Waals surface area contributed by atoms with E-state index in [1.807, 2.05) is 60.7 Å². The van der Waals surface area contributed by atoms with Crippen LogP contribution in [0.3, 0.4) is 0 Å². The van der Waals surface area contributed by atoms with Crippen LogP contribution in [0.1, 0.15) is 42.1 Å². The monoisotopic (exact) mass is 626 g/mol. The van der Waals surface area contributed by atoms with Crippen molar-refractivity contribution >= 4 is 21.6 Å². The summed E-state index contributed by atoms with van der Waals surface area (Å²) in [6.45, 7) is 0.819. The number of carbonyl (C=O) groups is 1. The van der Waals surface area contributed by atoms with E-state index in [9.17, 15) is 13.2 Å². The van der Waals surface area contributed by atoms with E-state index in [2.05, 4.69) is 5.32 Å². The number of sulfone groups is 1. The molecular weight excluding hydrogens is 588 g/mol. The first-order valence-electron chi connectivity index (χ1n) is 15.2. The highest BCUT2D eigenvalue weighted by molar-refractivity contribution is 7.91. The number of aliphatic hydroxyl groups is 1. The minimum Gasteiger partial charge on any atom is -0.494 e. The lowest BCUT2D eigenvalue weighted by molar-refractivity contribution is -0.129. The molecule has 0 unspecified atom stereocenters. The normalized spacial score (nSPS) is 17.7. The molecule has 0 spiro atoms. The number of rotatable bonds is 15. The van der Waals surface area contributed by atoms with Gasteiger partial charge >= 0.3 is 0 Å². The number of benzene rings is 4. The average Bonchev–Trinajstić information content (AvgIpc) is 3.48. The van der Waals surface area contributed by atoms with Gasteiger partial charge in [-0.1, -0.05) is 78.9 Å². The summed E-state index contributed by atoms with van der Waals surface area (Å²) in [4.78, 5) is 19.4. The van der Waals surface area contributed by atoms with Gasteiger partial charge in [-0.05, 0) is 60.4 Å². The van der Waals surface area contributed by atoms with E-state index in [0.29, 0.717) is 37.3 Å². The molecule has 8 nitrogen and oxygen atoms in total. The van der Waals surface area contributed by atoms with Crippen molar-refractivity contribution in [2.45, 2.75) is 42.2 Å². The molecule has 2 atom stereocenters. The molecule has 45 heavy (non-hydrogen) atoms. The van der Waals surface area contributed by atoms with Gasteiger partial charge in [0.25, 0.3) is 5.91 Å². The van der Waals surface area contributed by atoms with Crippen LogP contribution >= 0.6 is 0 Å². The molecule has 234 valence electrons. The molecule has 1 heterocycles. The second kappa shape index (κ2) is 15.0. The first-order chi connectivity index (χ1) is 21.9. The molecule has 2 N–H and O–H groups in total. The van der Waals surface area contributed by atoms with Crippen molar-refractivity contribution in [1.82, 2.24) is 5.32 Å². The van der Waals surface area contributed by atoms with Crippen molar-refractivity contribution in [1.29, 1.82) is 0 Å². The Morgan fingerprint density at radius 2 is 1.51 bits per heavy atom. The maximum Gasteiger partial charge on any atom is 0.252 e. The van der Waals surface area contributed by atoms with E-state index in [1.165, 1.54) is 5.56 Å². The zero-order valence-electron chi connectivity index (χ0n) is 25.0. The molecule has 4 aromatic rings. The third kappa shape index (κ3) is 7.98. The second-order valence-electron chi connectivity index (χ2n) is 10.9. The number of ether oxygens (including phenoxy) is 2. The van der Waals surface area contributed by atoms with Gasteiger partial charge in [0.05, 0.1) is 17.3 Å². The fraction of sp³-hybridized carbons (Fsp3) is 0.278. The zero-order chi connectivity index (χ0) is 31.5. The van der Waals surface area contributed by atoms with Crippen LogP contribution in [0.15, 0.2) is 125 Å². The molecule has 0 bridgehead atoms. The minimum atomic E-state index is -3.72. The first-order valence-corrected chi connectivity index (χ1v) is 16.8. The highest BCUT2D eigenvalue weighted by atomic mass is 32.2. The van der Waals surface area contributed by atoms with Crippen molar-refractivity contribution < 1.29 is 27.8 Å². The van der Waals surface area contributed by atoms with Crippen LogP contribution in [0.25, 0.3) is 0 Å². The molecular formula is C36H38N2O6S. The van der Waals surface area contributed by atoms with Gasteiger partial charge in [0, 0.05) is 31.6 Å². The predicted octanol–water partition coefficient (Wildman–Crippen LogP) is 5.32. The summed E-state index contributed by atoms with van der Waals surface area (Å²) < 4.78 is 39.1. The van der Waals surface area contributed by atoms with E-state index in [0.717, 1.165) is 12.0 Å². The predicted molar refractivity (Wildman–Crippen MR) is 174 cm³/mol. The molecule has 0 saturated carbocycles. The quantitative estimate of drug-likeness (QED) is 0.173. The van der Waals surface area contributed by atoms with Crippen molar-refractivity contribution in [3.63, 3.8) is 0 Å². The van der Waals surface area contributed by atoms with Gasteiger partial charge in [-0.2, -0.15) is 0 Å². The average molecular weight is 627 g/mol. The van der Waals surface area contributed by atoms with Gasteiger partial charge in [-0.15, -0.1) is 0 Å². The highest BCUT2D eigenvalue weighted by Gasteiger charge is 2.53. The number of aliphatic hydroxyl groups excluding tert-OH is 1. The van der Waals surface area contributed by atoms with Gasteiger partial charge in [0.1, 0.15) is 5.75 Å². The minimum absolute atomic E-state index is 0.0417. The number of amides is 1. The van der Waals surface area contributed by atoms with E-state index in [-0.39, 0.29) is 35.5 Å². The Kier molecular flexibility index (Phi) is 10.7. The van der Waals surface area contributed by atoms with Gasteiger partial charge < -0.3 is 19.9 Å². The van der Waals surface area contributed by atoms with Crippen molar-refractivity contribution in [3.8, 4) is 5.75 Å². The summed E-state index contributed by atoms with van der Waals surface area (Å²) in [5, 5.41) is 12.1. The topological polar surface area (TPSA) is 114 Å². The Labute approximate surface area is 264 Å². The lowest BCUT2D eigenvalue weighted by atomic mass is 9.85. The molecule has 1 aliphatic heterocycles. The van der Waals surface area contributed by atoms with Crippen LogP contribution in [0.2, 0.25) is 0 Å². The van der Waals surface area contributed by atoms with Crippen molar-refractivity contribution in [2.75, 3.05) is 25.5 Å². The molecule has 0 aromatic heterocycles. The maximum atomic E-state index is 14.3. The molecule has 4 aromatic carbocycles. The van der Waals surface area contributed by atoms with Gasteiger partial charge in [-0.25, -0.2) is 13.4 Å². The standard InChI is InChI=1S/C36H38N2O6S/c39-25-11-26-43-31-21-19-30(20-22-31)34-38-36(33(44-34)29-15-6-2-7-16-29,23-27-45(41,42)32-17-8-3-9-18-32)35(40)37-24-10-14-28-12-4-1-5-13-28/h1-9,12-13,15-22,33,39H,10-11,14,23-27H2,(H,37,40)/t33-,36-/m1/s1. The smallest absolute Gasteiger partial charge is 0.252 e. The van der Waals surface area contributed by atoms with E-state index >= 15 is 0 Å². The third-order valence-corrected chi connectivity index (χ3v) is 9.49. The summed E-state index contributed by atoms with van der Waals surface area (Å²) in [6.07, 6.45) is 1.08. The van der Waals surface area contributed by atoms with E-state index in [1.54, 1.807) is 54.6 Å². The van der Waals surface area contributed by atoms with Gasteiger partial charge in [0.2, 0.25) is 5.90 Å². The highest BCUT2D eigenvalue weighted by Crippen LogP contribution is 2.43. The van der Waals surface area contributed by atoms with E-state index in [4.69, 9.17) is 19.6 Å². The fourth-order valence-corrected chi connectivity index (χ4v) is 6.71. The number of aryl methyl sites for hydroxylation is 1. The lowest BCUT2D eigenvalue weighted by Crippen LogP contribution is -2.49. The largest absolute Gasteiger partial charge is 0.494 e. The number of nitrogens with zero attached hydrogens (tertiary/aromatic N) is 1. The number of hydrogen-bond acceptors (Lipinski definition) is 7. The SMILES string of the molecule is O=C(NCCCc1ccccc1)[C@]1(CCS(=O)(=O)c2ccccc2)N=C(c2ccc(OCCCO)cc2)O[C@@H]1c1ccccc1. The van der Waals surface area contributed by atoms with Crippen LogP contribution in [-0.2, 0) is 25.8 Å². The Balaban J connectivity index is 1.46. The molecule has 9 heteroatoms. The number of nitrogens with one attached hydrogen (secondary N) is 1. The third-order valence-electron chi connectivity index (χ3n) is 7.76. The number of hydrogen-bond donors (Lipinski definition) is 2. The van der Waals surface area contributed by atoms with Gasteiger partial charge in [0.15, 0.2) is 21.5 Å². The van der Waals surface area contributed by atoms with Crippen molar-refractivity contribution in [3.05, 3.63) is 132 Å². The molecule has 0 aliphatic carbocycles. The Morgan fingerprint density at radius 1 is 0.867 bits per heavy atom. The summed E-state index contributed by atoms with van der Waals surface area (Å²) >= 11 is 0. The van der Waals surface area contributed by atoms with Gasteiger partial charge in [-0.3, -0.25) is 4.79 Å². The fourth-order valence-electron chi connectivity index (χ4n) is 5.33. The van der Waals surface area contributed by atoms with Crippen LogP contribution in [-0.4, -0.2) is 56.4 Å². The second-order valence-corrected chi connectivity index (χ2v) is 13.0. The summed E-state index contributed by atoms with van der Waals surface area (Å²) in [6, 6.07) is 34.8. The molecule has 1 amide bonds. The van der Waals surface area contributed by atoms with Crippen LogP contribution in [0.4, 0.5) is 0 Å². The van der Waals surface area contributed by atoms with E-state index < -0.39 is 21.5 Å². The Hall–Kier alpha value is -4.47. The van der Waals surface area contributed by atoms with Crippen LogP contribution in [0.5, 0.6) is 5.75 Å². The van der Waals surface area contributed by atoms with Crippen molar-refractivity contribution in [2.24, 2.45) is 4.99 Å². The molecule has 1 aliphatic rings. The molecule has 0 saturated heterocycles. The lowest BCUT2D eigenvalue weighted by Gasteiger charge is -2.30. The Bertz CT molecular complexity index is 1660. The number of aliphatic imine (C=N–C) groups is 1. The first kappa shape index (κ1) is 31.9. The summed E-state index contributed by atoms with van der Waals surface area (Å²) in [5.74, 6) is 0.200. The molecule has 0 fully saturated rings. The number of carbonyl (C=O) groups excluding carboxylic acids is 1. The Morgan fingerprint density at radius 3 is 2.18 bits per heavy atom.